The van der Waals surface area contributed by atoms with Crippen molar-refractivity contribution in [3.05, 3.63) is 29.6 Å². The van der Waals surface area contributed by atoms with Gasteiger partial charge in [-0.2, -0.15) is 0 Å². The first-order chi connectivity index (χ1) is 9.97. The molecule has 0 bridgehead atoms. The van der Waals surface area contributed by atoms with Gasteiger partial charge in [-0.15, -0.1) is 11.6 Å². The van der Waals surface area contributed by atoms with E-state index in [1.54, 1.807) is 7.05 Å². The summed E-state index contributed by atoms with van der Waals surface area (Å²) in [5.74, 6) is -0.837. The minimum absolute atomic E-state index is 0.0179. The molecule has 1 aromatic heterocycles. The molecule has 0 aliphatic carbocycles. The van der Waals surface area contributed by atoms with Crippen molar-refractivity contribution in [3.63, 3.8) is 0 Å². The van der Waals surface area contributed by atoms with Crippen molar-refractivity contribution in [1.29, 1.82) is 0 Å². The smallest absolute Gasteiger partial charge is 0.242 e. The van der Waals surface area contributed by atoms with Crippen LogP contribution in [0.4, 0.5) is 8.78 Å². The third-order valence-electron chi connectivity index (χ3n) is 3.36. The third-order valence-corrected chi connectivity index (χ3v) is 3.55. The van der Waals surface area contributed by atoms with E-state index in [-0.39, 0.29) is 29.4 Å². The van der Waals surface area contributed by atoms with Crippen molar-refractivity contribution < 1.29 is 13.6 Å². The number of aryl methyl sites for hydroxylation is 1. The Balaban J connectivity index is 2.53. The summed E-state index contributed by atoms with van der Waals surface area (Å²) in [5.41, 5.74) is 0.328. The molecule has 1 amide bonds. The highest BCUT2D eigenvalue weighted by molar-refractivity contribution is 6.17. The van der Waals surface area contributed by atoms with Crippen molar-refractivity contribution in [2.24, 2.45) is 0 Å². The lowest BCUT2D eigenvalue weighted by atomic mass is 10.3. The number of carbonyl (C=O) groups is 1. The number of rotatable bonds is 5. The molecule has 114 valence electrons. The lowest BCUT2D eigenvalue weighted by Gasteiger charge is -2.16. The second kappa shape index (κ2) is 6.39. The van der Waals surface area contributed by atoms with Crippen LogP contribution >= 0.6 is 11.6 Å². The second-order valence-corrected chi connectivity index (χ2v) is 5.09. The molecule has 0 saturated carbocycles. The zero-order chi connectivity index (χ0) is 15.6. The lowest BCUT2D eigenvalue weighted by Crippen LogP contribution is -2.30. The predicted octanol–water partition coefficient (Wildman–Crippen LogP) is 2.57. The van der Waals surface area contributed by atoms with Gasteiger partial charge in [-0.3, -0.25) is 4.79 Å². The Morgan fingerprint density at radius 3 is 2.76 bits per heavy atom. The average molecular weight is 316 g/mol. The van der Waals surface area contributed by atoms with Gasteiger partial charge >= 0.3 is 0 Å². The topological polar surface area (TPSA) is 38.1 Å². The molecule has 0 radical (unpaired) electrons. The van der Waals surface area contributed by atoms with Crippen LogP contribution < -0.4 is 0 Å². The Morgan fingerprint density at radius 1 is 1.43 bits per heavy atom. The van der Waals surface area contributed by atoms with Gasteiger partial charge in [0.25, 0.3) is 0 Å². The number of nitrogens with zero attached hydrogens (tertiary/aromatic N) is 3. The molecule has 0 atom stereocenters. The number of carbonyl (C=O) groups excluding carboxylic acids is 1. The molecule has 1 heterocycles. The molecule has 21 heavy (non-hydrogen) atoms. The first-order valence-electron chi connectivity index (χ1n) is 6.62. The molecule has 0 aliphatic rings. The van der Waals surface area contributed by atoms with Gasteiger partial charge in [-0.1, -0.05) is 0 Å². The lowest BCUT2D eigenvalue weighted by molar-refractivity contribution is -0.130. The molecular formula is C14H16ClF2N3O. The van der Waals surface area contributed by atoms with Crippen LogP contribution in [-0.2, 0) is 17.8 Å². The summed E-state index contributed by atoms with van der Waals surface area (Å²) in [6.07, 6.45) is 0.375. The number of fused-ring (bicyclic) bond motifs is 1. The highest BCUT2D eigenvalue weighted by Gasteiger charge is 2.18. The fraction of sp³-hybridized carbons (Fsp3) is 0.429. The summed E-state index contributed by atoms with van der Waals surface area (Å²) < 4.78 is 28.8. The Morgan fingerprint density at radius 2 is 2.14 bits per heavy atom. The maximum absolute atomic E-state index is 13.8. The van der Waals surface area contributed by atoms with Crippen molar-refractivity contribution in [1.82, 2.24) is 14.5 Å². The van der Waals surface area contributed by atoms with Crippen molar-refractivity contribution in [2.45, 2.75) is 19.9 Å². The Kier molecular flexibility index (Phi) is 4.77. The number of amides is 1. The summed E-state index contributed by atoms with van der Waals surface area (Å²) in [7, 11) is 1.67. The molecule has 4 nitrogen and oxygen atoms in total. The number of hydrogen-bond donors (Lipinski definition) is 0. The van der Waals surface area contributed by atoms with Crippen LogP contribution in [0.15, 0.2) is 12.1 Å². The third kappa shape index (κ3) is 3.15. The first-order valence-corrected chi connectivity index (χ1v) is 7.15. The minimum Gasteiger partial charge on any atom is -0.344 e. The summed E-state index contributed by atoms with van der Waals surface area (Å²) in [6.45, 7) is 2.39. The summed E-state index contributed by atoms with van der Waals surface area (Å²) in [5, 5.41) is 0. The number of hydrogen-bond acceptors (Lipinski definition) is 2. The van der Waals surface area contributed by atoms with E-state index in [1.165, 1.54) is 15.5 Å². The molecule has 0 spiro atoms. The van der Waals surface area contributed by atoms with Crippen LogP contribution in [0, 0.1) is 11.6 Å². The molecule has 1 aromatic carbocycles. The zero-order valence-corrected chi connectivity index (χ0v) is 12.6. The van der Waals surface area contributed by atoms with Gasteiger partial charge in [-0.05, 0) is 13.0 Å². The number of likely N-dealkylation sites (N-methyl/N-ethyl adjacent to an activating group) is 1. The van der Waals surface area contributed by atoms with Gasteiger partial charge in [0, 0.05) is 32.0 Å². The summed E-state index contributed by atoms with van der Waals surface area (Å²) in [6, 6.07) is 1.96. The van der Waals surface area contributed by atoms with Crippen LogP contribution in [0.25, 0.3) is 11.0 Å². The van der Waals surface area contributed by atoms with E-state index in [2.05, 4.69) is 4.98 Å². The van der Waals surface area contributed by atoms with E-state index < -0.39 is 11.6 Å². The van der Waals surface area contributed by atoms with Gasteiger partial charge in [0.1, 0.15) is 23.7 Å². The average Bonchev–Trinajstić information content (AvgIpc) is 2.77. The molecule has 2 rings (SSSR count). The van der Waals surface area contributed by atoms with Gasteiger partial charge < -0.3 is 9.47 Å². The van der Waals surface area contributed by atoms with E-state index in [0.29, 0.717) is 18.8 Å². The minimum atomic E-state index is -0.740. The van der Waals surface area contributed by atoms with Crippen LogP contribution in [0.5, 0.6) is 0 Å². The number of aromatic nitrogens is 2. The Hall–Kier alpha value is -1.69. The number of benzene rings is 1. The van der Waals surface area contributed by atoms with Crippen LogP contribution in [0.2, 0.25) is 0 Å². The van der Waals surface area contributed by atoms with Crippen LogP contribution in [0.1, 0.15) is 12.7 Å². The molecule has 2 aromatic rings. The molecule has 7 heteroatoms. The molecule has 0 saturated heterocycles. The molecule has 0 unspecified atom stereocenters. The van der Waals surface area contributed by atoms with E-state index in [4.69, 9.17) is 11.6 Å². The summed E-state index contributed by atoms with van der Waals surface area (Å²) >= 11 is 5.72. The molecule has 0 fully saturated rings. The number of halogens is 3. The van der Waals surface area contributed by atoms with Crippen LogP contribution in [-0.4, -0.2) is 39.8 Å². The fourth-order valence-electron chi connectivity index (χ4n) is 2.08. The monoisotopic (exact) mass is 315 g/mol. The van der Waals surface area contributed by atoms with E-state index in [0.717, 1.165) is 6.07 Å². The van der Waals surface area contributed by atoms with Gasteiger partial charge in [0.2, 0.25) is 5.91 Å². The van der Waals surface area contributed by atoms with Gasteiger partial charge in [0.15, 0.2) is 5.82 Å². The van der Waals surface area contributed by atoms with Crippen molar-refractivity contribution in [3.8, 4) is 0 Å². The zero-order valence-electron chi connectivity index (χ0n) is 11.9. The van der Waals surface area contributed by atoms with E-state index >= 15 is 0 Å². The SMILES string of the molecule is CCN(C)C(=O)Cn1c(CCCl)nc2c(F)cc(F)cc21. The second-order valence-electron chi connectivity index (χ2n) is 4.72. The first kappa shape index (κ1) is 15.7. The van der Waals surface area contributed by atoms with Crippen LogP contribution in [0.3, 0.4) is 0 Å². The van der Waals surface area contributed by atoms with E-state index in [9.17, 15) is 13.6 Å². The van der Waals surface area contributed by atoms with Crippen molar-refractivity contribution >= 4 is 28.5 Å². The maximum Gasteiger partial charge on any atom is 0.242 e. The highest BCUT2D eigenvalue weighted by Crippen LogP contribution is 2.21. The quantitative estimate of drug-likeness (QED) is 0.795. The summed E-state index contributed by atoms with van der Waals surface area (Å²) in [4.78, 5) is 17.7. The highest BCUT2D eigenvalue weighted by atomic mass is 35.5. The Bertz CT molecular complexity index is 672. The predicted molar refractivity (Wildman–Crippen MR) is 77.4 cm³/mol. The maximum atomic E-state index is 13.8. The van der Waals surface area contributed by atoms with E-state index in [1.807, 2.05) is 6.92 Å². The molecular weight excluding hydrogens is 300 g/mol. The Labute approximate surface area is 126 Å². The van der Waals surface area contributed by atoms with Gasteiger partial charge in [0.05, 0.1) is 5.52 Å². The molecule has 0 N–H and O–H groups in total. The number of alkyl halides is 1. The van der Waals surface area contributed by atoms with Gasteiger partial charge in [-0.25, -0.2) is 13.8 Å². The standard InChI is InChI=1S/C14H16ClF2N3O/c1-3-19(2)13(21)8-20-11-7-9(16)6-10(17)14(11)18-12(20)4-5-15/h6-7H,3-5,8H2,1-2H3. The fourth-order valence-corrected chi connectivity index (χ4v) is 2.25. The normalized spacial score (nSPS) is 11.1. The van der Waals surface area contributed by atoms with Crippen molar-refractivity contribution in [2.75, 3.05) is 19.5 Å². The molecule has 0 aliphatic heterocycles. The number of imidazole rings is 1. The largest absolute Gasteiger partial charge is 0.344 e.